The van der Waals surface area contributed by atoms with E-state index in [2.05, 4.69) is 269 Å². The van der Waals surface area contributed by atoms with Crippen LogP contribution in [0.15, 0.2) is 237 Å². The van der Waals surface area contributed by atoms with Crippen LogP contribution in [0, 0.1) is 13.8 Å². The lowest BCUT2D eigenvalue weighted by Gasteiger charge is -2.30. The van der Waals surface area contributed by atoms with Gasteiger partial charge in [0.05, 0.1) is 11.4 Å². The number of fused-ring (bicyclic) bond motifs is 7. The summed E-state index contributed by atoms with van der Waals surface area (Å²) < 4.78 is 0. The summed E-state index contributed by atoms with van der Waals surface area (Å²) in [7, 11) is 0. The largest absolute Gasteiger partial charge is 0.309 e. The molecule has 0 aliphatic heterocycles. The van der Waals surface area contributed by atoms with Crippen LogP contribution in [-0.4, -0.2) is 0 Å². The van der Waals surface area contributed by atoms with E-state index in [0.29, 0.717) is 0 Å². The quantitative estimate of drug-likeness (QED) is 0.144. The third-order valence-corrected chi connectivity index (χ3v) is 15.3. The van der Waals surface area contributed by atoms with Crippen LogP contribution in [0.4, 0.5) is 17.1 Å². The molecule has 1 aliphatic rings. The van der Waals surface area contributed by atoms with Gasteiger partial charge >= 0.3 is 0 Å². The number of hydrogen-bond donors (Lipinski definition) is 0. The zero-order valence-corrected chi connectivity index (χ0v) is 40.0. The minimum Gasteiger partial charge on any atom is -0.309 e. The minimum atomic E-state index is -0.274. The number of rotatable bonds is 7. The molecule has 0 N–H and O–H groups in total. The molecule has 1 nitrogen and oxygen atoms in total. The molecule has 13 rings (SSSR count). The molecule has 70 heavy (non-hydrogen) atoms. The van der Waals surface area contributed by atoms with E-state index in [-0.39, 0.29) is 5.41 Å². The maximum absolute atomic E-state index is 2.51. The first-order valence-corrected chi connectivity index (χ1v) is 24.6. The number of benzene rings is 12. The molecule has 0 heterocycles. The van der Waals surface area contributed by atoms with Crippen LogP contribution >= 0.6 is 0 Å². The Hall–Kier alpha value is -8.52. The monoisotopic (exact) mass is 893 g/mol. The fourth-order valence-corrected chi connectivity index (χ4v) is 11.8. The molecule has 0 saturated carbocycles. The van der Waals surface area contributed by atoms with Gasteiger partial charge in [-0.15, -0.1) is 0 Å². The average Bonchev–Trinajstić information content (AvgIpc) is 3.64. The summed E-state index contributed by atoms with van der Waals surface area (Å²) in [6.45, 7) is 9.27. The van der Waals surface area contributed by atoms with Crippen LogP contribution in [0.2, 0.25) is 0 Å². The Morgan fingerprint density at radius 2 is 0.671 bits per heavy atom. The molecule has 1 aliphatic carbocycles. The van der Waals surface area contributed by atoms with Gasteiger partial charge in [-0.3, -0.25) is 0 Å². The van der Waals surface area contributed by atoms with Crippen LogP contribution in [0.5, 0.6) is 0 Å². The van der Waals surface area contributed by atoms with E-state index < -0.39 is 0 Å². The third kappa shape index (κ3) is 6.61. The predicted octanol–water partition coefficient (Wildman–Crippen LogP) is 19.4. The molecule has 0 atom stereocenters. The van der Waals surface area contributed by atoms with Gasteiger partial charge in [-0.05, 0) is 173 Å². The Morgan fingerprint density at radius 1 is 0.286 bits per heavy atom. The zero-order chi connectivity index (χ0) is 47.1. The highest BCUT2D eigenvalue weighted by Crippen LogP contribution is 2.54. The summed E-state index contributed by atoms with van der Waals surface area (Å²) in [6, 6.07) is 88.2. The molecule has 0 fully saturated rings. The van der Waals surface area contributed by atoms with Gasteiger partial charge in [0.25, 0.3) is 0 Å². The van der Waals surface area contributed by atoms with Crippen LogP contribution in [0.1, 0.15) is 36.1 Å². The Kier molecular flexibility index (Phi) is 9.71. The van der Waals surface area contributed by atoms with E-state index in [1.807, 2.05) is 0 Å². The van der Waals surface area contributed by atoms with E-state index in [0.717, 1.165) is 5.69 Å². The van der Waals surface area contributed by atoms with Crippen molar-refractivity contribution >= 4 is 60.2 Å². The smallest absolute Gasteiger partial charge is 0.0540 e. The predicted molar refractivity (Wildman–Crippen MR) is 300 cm³/mol. The van der Waals surface area contributed by atoms with Crippen LogP contribution in [0.3, 0.4) is 0 Å². The SMILES string of the molecule is Cc1ccc(N(c2ccc3c(c2)C(C)(C)c2cc(-c4c5ccccc5c(-c5cc(-c6ccccc6)cc(-c6ccccc6)c5)c5ccccc45)ccc2-3)c2ccc(C)c3ccccc23)c2ccccc12. The molecule has 0 aromatic heterocycles. The summed E-state index contributed by atoms with van der Waals surface area (Å²) in [6.07, 6.45) is 0. The number of aryl methyl sites for hydroxylation is 2. The van der Waals surface area contributed by atoms with Crippen LogP contribution in [-0.2, 0) is 5.41 Å². The molecule has 332 valence electrons. The van der Waals surface area contributed by atoms with Crippen molar-refractivity contribution in [3.63, 3.8) is 0 Å². The Bertz CT molecular complexity index is 3850. The number of hydrogen-bond acceptors (Lipinski definition) is 1. The van der Waals surface area contributed by atoms with Gasteiger partial charge < -0.3 is 4.90 Å². The number of anilines is 3. The van der Waals surface area contributed by atoms with E-state index in [1.54, 1.807) is 0 Å². The third-order valence-electron chi connectivity index (χ3n) is 15.3. The lowest BCUT2D eigenvalue weighted by molar-refractivity contribution is 0.660. The average molecular weight is 894 g/mol. The minimum absolute atomic E-state index is 0.274. The first-order chi connectivity index (χ1) is 34.3. The molecule has 0 saturated heterocycles. The summed E-state index contributed by atoms with van der Waals surface area (Å²) in [5.41, 5.74) is 20.9. The fourth-order valence-electron chi connectivity index (χ4n) is 11.8. The van der Waals surface area contributed by atoms with Crippen LogP contribution in [0.25, 0.3) is 98.7 Å². The molecule has 12 aromatic carbocycles. The van der Waals surface area contributed by atoms with Crippen molar-refractivity contribution in [2.75, 3.05) is 4.90 Å². The molecule has 1 heteroatoms. The molecule has 0 spiro atoms. The van der Waals surface area contributed by atoms with Gasteiger partial charge in [0.2, 0.25) is 0 Å². The standard InChI is InChI=1S/C69H51N/c1-44-31-37-65(57-25-13-11-23-53(44)57)70(66-38-32-45(2)54-24-12-14-26-58(54)66)52-34-36-56-55-35-33-48(42-63(55)69(3,4)64(56)43-52)67-59-27-15-17-29-61(59)68(62-30-18-16-28-60(62)67)51-40-49(46-19-7-5-8-20-46)39-50(41-51)47-21-9-6-10-22-47/h5-43H,1-4H3. The lowest BCUT2D eigenvalue weighted by Crippen LogP contribution is -2.17. The maximum atomic E-state index is 2.51. The second-order valence-corrected chi connectivity index (χ2v) is 19.7. The van der Waals surface area contributed by atoms with Gasteiger partial charge in [-0.1, -0.05) is 202 Å². The van der Waals surface area contributed by atoms with Crippen molar-refractivity contribution in [2.24, 2.45) is 0 Å². The molecule has 0 bridgehead atoms. The molecule has 12 aromatic rings. The summed E-state index contributed by atoms with van der Waals surface area (Å²) in [5.74, 6) is 0. The van der Waals surface area contributed by atoms with Crippen molar-refractivity contribution in [3.05, 3.63) is 259 Å². The van der Waals surface area contributed by atoms with Crippen molar-refractivity contribution in [3.8, 4) is 55.6 Å². The normalized spacial score (nSPS) is 12.7. The van der Waals surface area contributed by atoms with Gasteiger partial charge in [0, 0.05) is 21.9 Å². The first-order valence-electron chi connectivity index (χ1n) is 24.6. The molecular weight excluding hydrogens is 843 g/mol. The molecule has 0 radical (unpaired) electrons. The Morgan fingerprint density at radius 3 is 1.16 bits per heavy atom. The summed E-state index contributed by atoms with van der Waals surface area (Å²) in [4.78, 5) is 2.51. The van der Waals surface area contributed by atoms with Gasteiger partial charge in [0.15, 0.2) is 0 Å². The highest BCUT2D eigenvalue weighted by molar-refractivity contribution is 6.22. The number of nitrogens with zero attached hydrogens (tertiary/aromatic N) is 1. The van der Waals surface area contributed by atoms with Crippen LogP contribution < -0.4 is 4.90 Å². The topological polar surface area (TPSA) is 3.24 Å². The zero-order valence-electron chi connectivity index (χ0n) is 40.0. The van der Waals surface area contributed by atoms with Gasteiger partial charge in [-0.25, -0.2) is 0 Å². The second kappa shape index (κ2) is 16.3. The molecule has 0 amide bonds. The van der Waals surface area contributed by atoms with Gasteiger partial charge in [-0.2, -0.15) is 0 Å². The molecular formula is C69H51N. The first kappa shape index (κ1) is 41.7. The summed E-state index contributed by atoms with van der Waals surface area (Å²) in [5, 5.41) is 10.0. The van der Waals surface area contributed by atoms with Crippen molar-refractivity contribution in [1.82, 2.24) is 0 Å². The van der Waals surface area contributed by atoms with Gasteiger partial charge in [0.1, 0.15) is 0 Å². The fraction of sp³-hybridized carbons (Fsp3) is 0.0725. The van der Waals surface area contributed by atoms with E-state index in [4.69, 9.17) is 0 Å². The van der Waals surface area contributed by atoms with E-state index >= 15 is 0 Å². The van der Waals surface area contributed by atoms with E-state index in [1.165, 1.54) is 132 Å². The Balaban J connectivity index is 0.979. The Labute approximate surface area is 410 Å². The summed E-state index contributed by atoms with van der Waals surface area (Å²) >= 11 is 0. The second-order valence-electron chi connectivity index (χ2n) is 19.7. The maximum Gasteiger partial charge on any atom is 0.0540 e. The van der Waals surface area contributed by atoms with E-state index in [9.17, 15) is 0 Å². The van der Waals surface area contributed by atoms with Crippen molar-refractivity contribution in [1.29, 1.82) is 0 Å². The van der Waals surface area contributed by atoms with Crippen molar-refractivity contribution < 1.29 is 0 Å². The highest BCUT2D eigenvalue weighted by atomic mass is 15.1. The highest BCUT2D eigenvalue weighted by Gasteiger charge is 2.37. The molecule has 0 unspecified atom stereocenters. The van der Waals surface area contributed by atoms with Crippen molar-refractivity contribution in [2.45, 2.75) is 33.1 Å². The lowest BCUT2D eigenvalue weighted by atomic mass is 9.80.